The molecule has 0 aromatic heterocycles. The highest BCUT2D eigenvalue weighted by Crippen LogP contribution is 2.25. The number of halogens is 1. The molecule has 4 N–H and O–H groups in total. The van der Waals surface area contributed by atoms with Gasteiger partial charge in [0.2, 0.25) is 5.91 Å². The number of carbonyl (C=O) groups is 2. The van der Waals surface area contributed by atoms with Gasteiger partial charge in [0, 0.05) is 12.1 Å². The van der Waals surface area contributed by atoms with Crippen molar-refractivity contribution in [2.24, 2.45) is 5.73 Å². The summed E-state index contributed by atoms with van der Waals surface area (Å²) in [7, 11) is 0. The van der Waals surface area contributed by atoms with Gasteiger partial charge in [0.25, 0.3) is 0 Å². The predicted octanol–water partition coefficient (Wildman–Crippen LogP) is 3.59. The summed E-state index contributed by atoms with van der Waals surface area (Å²) in [6.07, 6.45) is 4.66. The second kappa shape index (κ2) is 10.0. The number of nitrogens with two attached hydrogens (primary N) is 1. The van der Waals surface area contributed by atoms with Crippen LogP contribution < -0.4 is 16.4 Å². The molecule has 154 valence electrons. The lowest BCUT2D eigenvalue weighted by Crippen LogP contribution is -2.34. The van der Waals surface area contributed by atoms with Crippen molar-refractivity contribution in [3.8, 4) is 11.1 Å². The average Bonchev–Trinajstić information content (AvgIpc) is 2.73. The molecule has 2 aromatic rings. The standard InChI is InChI=1S/C22H27FN4O2/c23-19-15-17(16-6-4-7-18(14-16)21(24)28)8-9-20(19)26-22(29)25-10-5-13-27-11-2-1-3-12-27/h4,6-9,14-15H,1-3,5,10-13H2,(H2,24,28)(H2,25,26,29). The maximum absolute atomic E-state index is 14.4. The molecule has 1 heterocycles. The number of nitrogens with one attached hydrogen (secondary N) is 2. The Morgan fingerprint density at radius 1 is 1.03 bits per heavy atom. The number of carbonyl (C=O) groups excluding carboxylic acids is 2. The van der Waals surface area contributed by atoms with Gasteiger partial charge in [0.15, 0.2) is 0 Å². The Labute approximate surface area is 170 Å². The predicted molar refractivity (Wildman–Crippen MR) is 112 cm³/mol. The summed E-state index contributed by atoms with van der Waals surface area (Å²) in [5, 5.41) is 5.31. The van der Waals surface area contributed by atoms with Crippen molar-refractivity contribution in [1.29, 1.82) is 0 Å². The average molecular weight is 398 g/mol. The van der Waals surface area contributed by atoms with Crippen LogP contribution in [0.15, 0.2) is 42.5 Å². The van der Waals surface area contributed by atoms with Crippen LogP contribution in [0.2, 0.25) is 0 Å². The quantitative estimate of drug-likeness (QED) is 0.623. The van der Waals surface area contributed by atoms with Gasteiger partial charge in [0.1, 0.15) is 5.82 Å². The van der Waals surface area contributed by atoms with Crippen molar-refractivity contribution in [2.75, 3.05) is 31.5 Å². The van der Waals surface area contributed by atoms with Gasteiger partial charge in [-0.2, -0.15) is 0 Å². The lowest BCUT2D eigenvalue weighted by atomic mass is 10.0. The van der Waals surface area contributed by atoms with Gasteiger partial charge in [-0.15, -0.1) is 0 Å². The first kappa shape index (κ1) is 20.8. The first-order valence-electron chi connectivity index (χ1n) is 10.00. The number of primary amides is 1. The number of rotatable bonds is 7. The van der Waals surface area contributed by atoms with E-state index in [0.29, 0.717) is 23.2 Å². The molecule has 1 aliphatic heterocycles. The van der Waals surface area contributed by atoms with E-state index in [4.69, 9.17) is 5.73 Å². The molecule has 7 heteroatoms. The highest BCUT2D eigenvalue weighted by molar-refractivity contribution is 5.94. The van der Waals surface area contributed by atoms with Crippen molar-refractivity contribution in [1.82, 2.24) is 10.2 Å². The van der Waals surface area contributed by atoms with E-state index in [0.717, 1.165) is 26.1 Å². The molecule has 3 amide bonds. The van der Waals surface area contributed by atoms with E-state index in [9.17, 15) is 14.0 Å². The molecular formula is C22H27FN4O2. The normalized spacial score (nSPS) is 14.4. The molecule has 1 saturated heterocycles. The van der Waals surface area contributed by atoms with Gasteiger partial charge in [-0.05, 0) is 74.3 Å². The van der Waals surface area contributed by atoms with Crippen molar-refractivity contribution in [3.05, 3.63) is 53.8 Å². The molecule has 0 saturated carbocycles. The number of hydrogen-bond donors (Lipinski definition) is 3. The second-order valence-corrected chi connectivity index (χ2v) is 7.28. The molecule has 1 fully saturated rings. The van der Waals surface area contributed by atoms with Crippen LogP contribution in [-0.2, 0) is 0 Å². The number of nitrogens with zero attached hydrogens (tertiary/aromatic N) is 1. The van der Waals surface area contributed by atoms with Crippen LogP contribution in [0.1, 0.15) is 36.0 Å². The fraction of sp³-hybridized carbons (Fsp3) is 0.364. The number of amides is 3. The summed E-state index contributed by atoms with van der Waals surface area (Å²) >= 11 is 0. The third-order valence-corrected chi connectivity index (χ3v) is 5.08. The summed E-state index contributed by atoms with van der Waals surface area (Å²) in [6, 6.07) is 10.8. The van der Waals surface area contributed by atoms with Crippen LogP contribution in [0.3, 0.4) is 0 Å². The molecule has 1 aliphatic rings. The van der Waals surface area contributed by atoms with E-state index in [1.807, 2.05) is 0 Å². The molecule has 29 heavy (non-hydrogen) atoms. The van der Waals surface area contributed by atoms with E-state index in [1.54, 1.807) is 30.3 Å². The zero-order valence-electron chi connectivity index (χ0n) is 16.4. The highest BCUT2D eigenvalue weighted by Gasteiger charge is 2.11. The van der Waals surface area contributed by atoms with Crippen LogP contribution >= 0.6 is 0 Å². The van der Waals surface area contributed by atoms with E-state index in [2.05, 4.69) is 15.5 Å². The lowest BCUT2D eigenvalue weighted by Gasteiger charge is -2.26. The third kappa shape index (κ3) is 6.02. The summed E-state index contributed by atoms with van der Waals surface area (Å²) in [6.45, 7) is 3.77. The first-order valence-corrected chi connectivity index (χ1v) is 10.00. The molecule has 0 spiro atoms. The number of benzene rings is 2. The van der Waals surface area contributed by atoms with Crippen molar-refractivity contribution < 1.29 is 14.0 Å². The van der Waals surface area contributed by atoms with Gasteiger partial charge >= 0.3 is 6.03 Å². The fourth-order valence-electron chi connectivity index (χ4n) is 3.50. The molecule has 0 aliphatic carbocycles. The van der Waals surface area contributed by atoms with E-state index in [-0.39, 0.29) is 5.69 Å². The Morgan fingerprint density at radius 3 is 2.52 bits per heavy atom. The maximum atomic E-state index is 14.4. The lowest BCUT2D eigenvalue weighted by molar-refractivity contribution is 0.100. The minimum Gasteiger partial charge on any atom is -0.366 e. The minimum absolute atomic E-state index is 0.105. The topological polar surface area (TPSA) is 87.5 Å². The van der Waals surface area contributed by atoms with Crippen molar-refractivity contribution in [2.45, 2.75) is 25.7 Å². The van der Waals surface area contributed by atoms with Crippen LogP contribution in [0.5, 0.6) is 0 Å². The highest BCUT2D eigenvalue weighted by atomic mass is 19.1. The summed E-state index contributed by atoms with van der Waals surface area (Å²) in [4.78, 5) is 25.8. The van der Waals surface area contributed by atoms with Gasteiger partial charge < -0.3 is 21.3 Å². The minimum atomic E-state index is -0.546. The number of likely N-dealkylation sites (tertiary alicyclic amines) is 1. The molecule has 0 unspecified atom stereocenters. The Kier molecular flexibility index (Phi) is 7.19. The van der Waals surface area contributed by atoms with Gasteiger partial charge in [0.05, 0.1) is 5.69 Å². The number of piperidine rings is 1. The Bertz CT molecular complexity index is 866. The Balaban J connectivity index is 1.51. The Hall–Kier alpha value is -2.93. The number of urea groups is 1. The molecular weight excluding hydrogens is 371 g/mol. The van der Waals surface area contributed by atoms with Crippen LogP contribution in [-0.4, -0.2) is 43.0 Å². The van der Waals surface area contributed by atoms with Crippen LogP contribution in [0.25, 0.3) is 11.1 Å². The largest absolute Gasteiger partial charge is 0.366 e. The molecule has 6 nitrogen and oxygen atoms in total. The van der Waals surface area contributed by atoms with Crippen molar-refractivity contribution in [3.63, 3.8) is 0 Å². The number of hydrogen-bond acceptors (Lipinski definition) is 3. The molecule has 0 bridgehead atoms. The summed E-state index contributed by atoms with van der Waals surface area (Å²) < 4.78 is 14.4. The van der Waals surface area contributed by atoms with E-state index >= 15 is 0 Å². The van der Waals surface area contributed by atoms with Gasteiger partial charge in [-0.25, -0.2) is 9.18 Å². The van der Waals surface area contributed by atoms with Crippen LogP contribution in [0.4, 0.5) is 14.9 Å². The SMILES string of the molecule is NC(=O)c1cccc(-c2ccc(NC(=O)NCCCN3CCCCC3)c(F)c2)c1. The zero-order valence-corrected chi connectivity index (χ0v) is 16.4. The van der Waals surface area contributed by atoms with Crippen molar-refractivity contribution >= 4 is 17.6 Å². The second-order valence-electron chi connectivity index (χ2n) is 7.28. The smallest absolute Gasteiger partial charge is 0.319 e. The molecule has 0 atom stereocenters. The Morgan fingerprint density at radius 2 is 1.79 bits per heavy atom. The summed E-state index contributed by atoms with van der Waals surface area (Å²) in [5.74, 6) is -1.09. The zero-order chi connectivity index (χ0) is 20.6. The monoisotopic (exact) mass is 398 g/mol. The van der Waals surface area contributed by atoms with Gasteiger partial charge in [-0.1, -0.05) is 24.6 Å². The maximum Gasteiger partial charge on any atom is 0.319 e. The number of anilines is 1. The van der Waals surface area contributed by atoms with E-state index < -0.39 is 17.8 Å². The van der Waals surface area contributed by atoms with E-state index in [1.165, 1.54) is 31.4 Å². The molecule has 3 rings (SSSR count). The first-order chi connectivity index (χ1) is 14.0. The fourth-order valence-corrected chi connectivity index (χ4v) is 3.50. The third-order valence-electron chi connectivity index (χ3n) is 5.08. The van der Waals surface area contributed by atoms with Gasteiger partial charge in [-0.3, -0.25) is 4.79 Å². The molecule has 0 radical (unpaired) electrons. The summed E-state index contributed by atoms with van der Waals surface area (Å²) in [5.41, 5.74) is 7.02. The van der Waals surface area contributed by atoms with Crippen LogP contribution in [0, 0.1) is 5.82 Å². The molecule has 2 aromatic carbocycles.